The van der Waals surface area contributed by atoms with Gasteiger partial charge in [-0.05, 0) is 0 Å². The van der Waals surface area contributed by atoms with Crippen molar-refractivity contribution in [2.45, 2.75) is 55.9 Å². The van der Waals surface area contributed by atoms with E-state index >= 15 is 0 Å². The molecule has 0 rings (SSSR count). The van der Waals surface area contributed by atoms with Crippen LogP contribution in [0.15, 0.2) is 0 Å². The molecule has 0 saturated carbocycles. The first-order chi connectivity index (χ1) is 4.46. The van der Waals surface area contributed by atoms with Gasteiger partial charge in [-0.25, -0.2) is 0 Å². The first-order valence-electron chi connectivity index (χ1n) is 4.46. The fraction of sp³-hybridized carbons (Fsp3) is 1.00. The van der Waals surface area contributed by atoms with E-state index in [0.29, 0.717) is 0 Å². The Morgan fingerprint density at radius 3 is 0.900 bits per heavy atom. The van der Waals surface area contributed by atoms with Crippen molar-refractivity contribution < 1.29 is 1.43 Å². The molecular weight excluding hydrogens is 135 g/mol. The van der Waals surface area contributed by atoms with Crippen LogP contribution in [-0.2, 0) is 0 Å². The highest BCUT2D eigenvalue weighted by atomic mass is 27.2. The molecule has 0 atom stereocenters. The minimum absolute atomic E-state index is 0. The summed E-state index contributed by atoms with van der Waals surface area (Å²) in [4.78, 5) is 0. The Labute approximate surface area is 71.9 Å². The first kappa shape index (κ1) is 10.5. The molecule has 0 aliphatic rings. The molecule has 0 aliphatic carbocycles. The lowest BCUT2D eigenvalue weighted by atomic mass is 10.5. The molecule has 62 valence electrons. The van der Waals surface area contributed by atoms with Crippen LogP contribution in [0.25, 0.3) is 0 Å². The maximum Gasteiger partial charge on any atom is 0.270 e. The third-order valence-corrected chi connectivity index (χ3v) is 6.93. The van der Waals surface area contributed by atoms with Gasteiger partial charge in [-0.3, -0.25) is 0 Å². The molecule has 0 aromatic carbocycles. The lowest BCUT2D eigenvalue weighted by Crippen LogP contribution is -2.24. The summed E-state index contributed by atoms with van der Waals surface area (Å²) >= 11 is -0.454. The topological polar surface area (TPSA) is 0 Å². The zero-order chi connectivity index (χ0) is 8.31. The van der Waals surface area contributed by atoms with Gasteiger partial charge in [0, 0.05) is 0 Å². The van der Waals surface area contributed by atoms with Crippen LogP contribution in [0.1, 0.15) is 43.0 Å². The zero-order valence-electron chi connectivity index (χ0n) is 9.31. The fourth-order valence-electron chi connectivity index (χ4n) is 2.31. The van der Waals surface area contributed by atoms with Crippen molar-refractivity contribution in [2.75, 3.05) is 0 Å². The summed E-state index contributed by atoms with van der Waals surface area (Å²) in [7, 11) is 0. The zero-order valence-corrected chi connectivity index (χ0v) is 9.46. The van der Waals surface area contributed by atoms with Gasteiger partial charge in [-0.1, -0.05) is 55.9 Å². The molecule has 0 aliphatic heterocycles. The minimum atomic E-state index is -0.454. The lowest BCUT2D eigenvalue weighted by molar-refractivity contribution is 0.863. The molecule has 1 heteroatoms. The fourth-order valence-corrected chi connectivity index (χ4v) is 6.93. The Kier molecular flexibility index (Phi) is 4.65. The number of hydrogen-bond donors (Lipinski definition) is 0. The van der Waals surface area contributed by atoms with Gasteiger partial charge in [-0.15, -0.1) is 0 Å². The molecular formula is C9H22Al-. The second kappa shape index (κ2) is 4.42. The van der Waals surface area contributed by atoms with Crippen molar-refractivity contribution in [3.05, 3.63) is 0 Å². The molecule has 0 radical (unpaired) electrons. The Bertz CT molecular complexity index is 70.5. The minimum Gasteiger partial charge on any atom is -1.00 e. The first-order valence-corrected chi connectivity index (χ1v) is 6.46. The van der Waals surface area contributed by atoms with Crippen LogP contribution in [0.5, 0.6) is 0 Å². The summed E-state index contributed by atoms with van der Waals surface area (Å²) in [5, 5.41) is 0. The van der Waals surface area contributed by atoms with Gasteiger partial charge in [-0.2, -0.15) is 0 Å². The highest BCUT2D eigenvalue weighted by Crippen LogP contribution is 2.28. The van der Waals surface area contributed by atoms with Gasteiger partial charge >= 0.3 is 0 Å². The van der Waals surface area contributed by atoms with Crippen molar-refractivity contribution in [2.24, 2.45) is 0 Å². The second-order valence-electron chi connectivity index (χ2n) is 4.31. The van der Waals surface area contributed by atoms with E-state index in [0.717, 1.165) is 14.3 Å². The van der Waals surface area contributed by atoms with Gasteiger partial charge < -0.3 is 1.43 Å². The predicted octanol–water partition coefficient (Wildman–Crippen LogP) is 3.82. The summed E-state index contributed by atoms with van der Waals surface area (Å²) in [5.41, 5.74) is 0. The molecule has 0 unspecified atom stereocenters. The van der Waals surface area contributed by atoms with E-state index in [9.17, 15) is 0 Å². The Hall–Kier alpha value is 0.532. The lowest BCUT2D eigenvalue weighted by Gasteiger charge is -2.22. The average Bonchev–Trinajstić information content (AvgIpc) is 1.59. The highest BCUT2D eigenvalue weighted by molar-refractivity contribution is 6.63. The van der Waals surface area contributed by atoms with Crippen LogP contribution in [0.4, 0.5) is 0 Å². The van der Waals surface area contributed by atoms with E-state index in [1.54, 1.807) is 0 Å². The van der Waals surface area contributed by atoms with E-state index < -0.39 is 14.1 Å². The van der Waals surface area contributed by atoms with Gasteiger partial charge in [0.05, 0.1) is 0 Å². The molecule has 0 saturated heterocycles. The van der Waals surface area contributed by atoms with Crippen molar-refractivity contribution >= 4 is 14.1 Å². The molecule has 0 amide bonds. The van der Waals surface area contributed by atoms with E-state index in [1.165, 1.54) is 0 Å². The van der Waals surface area contributed by atoms with E-state index in [4.69, 9.17) is 0 Å². The Morgan fingerprint density at radius 2 is 0.900 bits per heavy atom. The number of rotatable bonds is 3. The van der Waals surface area contributed by atoms with Gasteiger partial charge in [0.25, 0.3) is 14.1 Å². The molecule has 0 aromatic heterocycles. The van der Waals surface area contributed by atoms with Crippen LogP contribution in [-0.4, -0.2) is 14.1 Å². The van der Waals surface area contributed by atoms with Gasteiger partial charge in [0.2, 0.25) is 0 Å². The highest BCUT2D eigenvalue weighted by Gasteiger charge is 2.27. The smallest absolute Gasteiger partial charge is 0.270 e. The third kappa shape index (κ3) is 3.08. The van der Waals surface area contributed by atoms with Crippen molar-refractivity contribution in [1.29, 1.82) is 0 Å². The van der Waals surface area contributed by atoms with Crippen molar-refractivity contribution in [1.82, 2.24) is 0 Å². The largest absolute Gasteiger partial charge is 1.00 e. The van der Waals surface area contributed by atoms with Crippen molar-refractivity contribution in [3.8, 4) is 0 Å². The summed E-state index contributed by atoms with van der Waals surface area (Å²) in [6, 6.07) is 0. The SMILES string of the molecule is C[CH](C)[Al]([CH](C)C)[CH](C)C.[H-]. The Balaban J connectivity index is 0. The van der Waals surface area contributed by atoms with Crippen molar-refractivity contribution in [3.63, 3.8) is 0 Å². The van der Waals surface area contributed by atoms with Crippen LogP contribution in [0.2, 0.25) is 14.3 Å². The molecule has 0 heterocycles. The summed E-state index contributed by atoms with van der Waals surface area (Å²) in [6.45, 7) is 14.3. The molecule has 0 fully saturated rings. The molecule has 0 nitrogen and oxygen atoms in total. The quantitative estimate of drug-likeness (QED) is 0.546. The maximum absolute atomic E-state index is 2.39. The standard InChI is InChI=1S/3C3H7.Al.H/c3*1-3-2;;/h3*3H,1-2H3;;/q;;;;-1. The maximum atomic E-state index is 2.39. The third-order valence-electron chi connectivity index (χ3n) is 2.31. The molecule has 0 N–H and O–H groups in total. The van der Waals surface area contributed by atoms with Gasteiger partial charge in [0.1, 0.15) is 0 Å². The monoisotopic (exact) mass is 157 g/mol. The second-order valence-corrected chi connectivity index (χ2v) is 9.46. The summed E-state index contributed by atoms with van der Waals surface area (Å²) < 4.78 is 2.92. The Morgan fingerprint density at radius 1 is 0.700 bits per heavy atom. The van der Waals surface area contributed by atoms with Crippen LogP contribution in [0, 0.1) is 0 Å². The molecule has 0 aromatic rings. The predicted molar refractivity (Wildman–Crippen MR) is 52.2 cm³/mol. The van der Waals surface area contributed by atoms with E-state index in [2.05, 4.69) is 41.5 Å². The average molecular weight is 157 g/mol. The summed E-state index contributed by atoms with van der Waals surface area (Å²) in [6.07, 6.45) is 0. The van der Waals surface area contributed by atoms with Crippen LogP contribution < -0.4 is 0 Å². The number of hydrogen-bond acceptors (Lipinski definition) is 0. The van der Waals surface area contributed by atoms with Gasteiger partial charge in [0.15, 0.2) is 0 Å². The molecule has 10 heavy (non-hydrogen) atoms. The normalized spacial score (nSPS) is 11.7. The molecule has 0 bridgehead atoms. The van der Waals surface area contributed by atoms with E-state index in [1.807, 2.05) is 0 Å². The van der Waals surface area contributed by atoms with Crippen LogP contribution in [0.3, 0.4) is 0 Å². The molecule has 0 spiro atoms. The van der Waals surface area contributed by atoms with E-state index in [-0.39, 0.29) is 1.43 Å². The van der Waals surface area contributed by atoms with Crippen LogP contribution >= 0.6 is 0 Å². The summed E-state index contributed by atoms with van der Waals surface area (Å²) in [5.74, 6) is 0.